The number of amides is 1. The number of carbonyl (C=O) groups excluding carboxylic acids is 2. The highest BCUT2D eigenvalue weighted by Crippen LogP contribution is 1.95. The summed E-state index contributed by atoms with van der Waals surface area (Å²) < 4.78 is 4.75. The summed E-state index contributed by atoms with van der Waals surface area (Å²) >= 11 is 0. The Morgan fingerprint density at radius 2 is 2.08 bits per heavy atom. The Bertz CT molecular complexity index is 168. The zero-order valence-electron chi connectivity index (χ0n) is 7.72. The van der Waals surface area contributed by atoms with Gasteiger partial charge in [-0.2, -0.15) is 0 Å². The van der Waals surface area contributed by atoms with E-state index in [1.54, 1.807) is 13.8 Å². The molecule has 0 aliphatic rings. The fourth-order valence-corrected chi connectivity index (χ4v) is 0.665. The molecule has 0 aromatic carbocycles. The predicted octanol–water partition coefficient (Wildman–Crippen LogP) is 0.322. The Balaban J connectivity index is 3.63. The molecule has 0 fully saturated rings. The predicted molar refractivity (Wildman–Crippen MR) is 44.5 cm³/mol. The van der Waals surface area contributed by atoms with Crippen LogP contribution in [-0.4, -0.2) is 25.0 Å². The Morgan fingerprint density at radius 3 is 2.50 bits per heavy atom. The minimum Gasteiger partial charge on any atom is -0.466 e. The molecule has 4 heteroatoms. The fourth-order valence-electron chi connectivity index (χ4n) is 0.665. The van der Waals surface area contributed by atoms with E-state index in [-0.39, 0.29) is 17.8 Å². The lowest BCUT2D eigenvalue weighted by Crippen LogP contribution is -2.30. The van der Waals surface area contributed by atoms with Crippen LogP contribution in [0.15, 0.2) is 0 Å². The molecule has 0 rings (SSSR count). The summed E-state index contributed by atoms with van der Waals surface area (Å²) in [4.78, 5) is 21.4. The highest BCUT2D eigenvalue weighted by molar-refractivity contribution is 5.75. The Hall–Kier alpha value is -1.06. The zero-order chi connectivity index (χ0) is 9.56. The van der Waals surface area contributed by atoms with Gasteiger partial charge in [-0.15, -0.1) is 0 Å². The van der Waals surface area contributed by atoms with Gasteiger partial charge in [-0.05, 0) is 6.92 Å². The van der Waals surface area contributed by atoms with Crippen molar-refractivity contribution in [3.05, 3.63) is 0 Å². The summed E-state index contributed by atoms with van der Waals surface area (Å²) in [5.74, 6) is -0.675. The molecule has 0 bridgehead atoms. The molecule has 0 aliphatic heterocycles. The van der Waals surface area contributed by atoms with E-state index in [0.717, 1.165) is 0 Å². The first-order valence-electron chi connectivity index (χ1n) is 3.99. The maximum absolute atomic E-state index is 11.0. The molecule has 70 valence electrons. The number of rotatable bonds is 4. The highest BCUT2D eigenvalue weighted by Gasteiger charge is 2.13. The largest absolute Gasteiger partial charge is 0.466 e. The van der Waals surface area contributed by atoms with Crippen LogP contribution in [0.3, 0.4) is 0 Å². The van der Waals surface area contributed by atoms with Crippen molar-refractivity contribution in [1.82, 2.24) is 5.32 Å². The van der Waals surface area contributed by atoms with Crippen LogP contribution in [0.5, 0.6) is 0 Å². The Kier molecular flexibility index (Phi) is 5.08. The zero-order valence-corrected chi connectivity index (χ0v) is 7.72. The summed E-state index contributed by atoms with van der Waals surface area (Å²) in [6.45, 7) is 5.60. The van der Waals surface area contributed by atoms with E-state index in [1.165, 1.54) is 6.92 Å². The molecule has 4 nitrogen and oxygen atoms in total. The molecule has 1 N–H and O–H groups in total. The maximum Gasteiger partial charge on any atom is 0.310 e. The van der Waals surface area contributed by atoms with Gasteiger partial charge in [0.2, 0.25) is 5.91 Å². The van der Waals surface area contributed by atoms with Gasteiger partial charge in [0.05, 0.1) is 12.5 Å². The van der Waals surface area contributed by atoms with Gasteiger partial charge in [0.15, 0.2) is 0 Å². The van der Waals surface area contributed by atoms with Crippen molar-refractivity contribution >= 4 is 11.9 Å². The third-order valence-corrected chi connectivity index (χ3v) is 1.35. The molecule has 1 amide bonds. The van der Waals surface area contributed by atoms with E-state index in [4.69, 9.17) is 4.74 Å². The number of hydrogen-bond acceptors (Lipinski definition) is 3. The third kappa shape index (κ3) is 4.71. The van der Waals surface area contributed by atoms with Crippen molar-refractivity contribution in [2.24, 2.45) is 5.92 Å². The molecule has 0 unspecified atom stereocenters. The summed E-state index contributed by atoms with van der Waals surface area (Å²) in [5, 5.41) is 2.54. The molecule has 0 aromatic rings. The quantitative estimate of drug-likeness (QED) is 0.623. The Morgan fingerprint density at radius 1 is 1.50 bits per heavy atom. The van der Waals surface area contributed by atoms with E-state index < -0.39 is 0 Å². The van der Waals surface area contributed by atoms with Crippen molar-refractivity contribution in [2.75, 3.05) is 13.2 Å². The topological polar surface area (TPSA) is 55.4 Å². The van der Waals surface area contributed by atoms with Crippen LogP contribution in [0.2, 0.25) is 0 Å². The average molecular weight is 173 g/mol. The van der Waals surface area contributed by atoms with Gasteiger partial charge in [0.1, 0.15) is 0 Å². The van der Waals surface area contributed by atoms with E-state index in [9.17, 15) is 9.59 Å². The molecule has 0 radical (unpaired) electrons. The molecule has 0 aliphatic carbocycles. The first kappa shape index (κ1) is 10.9. The molecule has 0 saturated heterocycles. The normalized spacial score (nSPS) is 11.9. The van der Waals surface area contributed by atoms with Gasteiger partial charge in [-0.1, -0.05) is 6.92 Å². The molecule has 0 aromatic heterocycles. The molecule has 0 spiro atoms. The van der Waals surface area contributed by atoms with Crippen molar-refractivity contribution in [3.63, 3.8) is 0 Å². The van der Waals surface area contributed by atoms with Crippen LogP contribution in [-0.2, 0) is 14.3 Å². The second-order valence-corrected chi connectivity index (χ2v) is 2.59. The summed E-state index contributed by atoms with van der Waals surface area (Å²) in [5.41, 5.74) is 0. The second-order valence-electron chi connectivity index (χ2n) is 2.59. The first-order valence-corrected chi connectivity index (χ1v) is 3.99. The van der Waals surface area contributed by atoms with E-state index in [0.29, 0.717) is 13.2 Å². The van der Waals surface area contributed by atoms with Crippen molar-refractivity contribution in [2.45, 2.75) is 20.8 Å². The minimum absolute atomic E-state index is 0.133. The van der Waals surface area contributed by atoms with Gasteiger partial charge < -0.3 is 10.1 Å². The number of hydrogen-bond donors (Lipinski definition) is 1. The van der Waals surface area contributed by atoms with Gasteiger partial charge in [0, 0.05) is 13.5 Å². The lowest BCUT2D eigenvalue weighted by atomic mass is 10.2. The van der Waals surface area contributed by atoms with Gasteiger partial charge >= 0.3 is 5.97 Å². The fraction of sp³-hybridized carbons (Fsp3) is 0.750. The number of nitrogens with one attached hydrogen (secondary N) is 1. The maximum atomic E-state index is 11.0. The van der Waals surface area contributed by atoms with Crippen LogP contribution in [0.4, 0.5) is 0 Å². The van der Waals surface area contributed by atoms with Crippen LogP contribution >= 0.6 is 0 Å². The summed E-state index contributed by atoms with van der Waals surface area (Å²) in [7, 11) is 0. The molecule has 0 saturated carbocycles. The lowest BCUT2D eigenvalue weighted by molar-refractivity contribution is -0.147. The second kappa shape index (κ2) is 5.57. The third-order valence-electron chi connectivity index (χ3n) is 1.35. The summed E-state index contributed by atoms with van der Waals surface area (Å²) in [6.07, 6.45) is 0. The van der Waals surface area contributed by atoms with E-state index in [1.807, 2.05) is 0 Å². The number of carbonyl (C=O) groups is 2. The SMILES string of the molecule is CCOC(=O)[C@H](C)CNC(C)=O. The standard InChI is InChI=1S/C8H15NO3/c1-4-12-8(11)6(2)5-9-7(3)10/h6H,4-5H2,1-3H3,(H,9,10)/t6-/m1/s1. The first-order chi connectivity index (χ1) is 5.57. The van der Waals surface area contributed by atoms with Gasteiger partial charge in [0.25, 0.3) is 0 Å². The molecule has 1 atom stereocenters. The molecular formula is C8H15NO3. The van der Waals surface area contributed by atoms with Crippen molar-refractivity contribution < 1.29 is 14.3 Å². The lowest BCUT2D eigenvalue weighted by Gasteiger charge is -2.09. The monoisotopic (exact) mass is 173 g/mol. The summed E-state index contributed by atoms with van der Waals surface area (Å²) in [6, 6.07) is 0. The van der Waals surface area contributed by atoms with Gasteiger partial charge in [-0.25, -0.2) is 0 Å². The van der Waals surface area contributed by atoms with Crippen LogP contribution < -0.4 is 5.32 Å². The van der Waals surface area contributed by atoms with Crippen LogP contribution in [0.25, 0.3) is 0 Å². The Labute approximate surface area is 72.3 Å². The average Bonchev–Trinajstić information content (AvgIpc) is 2.00. The minimum atomic E-state index is -0.272. The molecule has 0 heterocycles. The van der Waals surface area contributed by atoms with Crippen molar-refractivity contribution in [1.29, 1.82) is 0 Å². The van der Waals surface area contributed by atoms with E-state index >= 15 is 0 Å². The van der Waals surface area contributed by atoms with Crippen molar-refractivity contribution in [3.8, 4) is 0 Å². The molecular weight excluding hydrogens is 158 g/mol. The smallest absolute Gasteiger partial charge is 0.310 e. The highest BCUT2D eigenvalue weighted by atomic mass is 16.5. The van der Waals surface area contributed by atoms with Gasteiger partial charge in [-0.3, -0.25) is 9.59 Å². The van der Waals surface area contributed by atoms with Crippen LogP contribution in [0, 0.1) is 5.92 Å². The van der Waals surface area contributed by atoms with Crippen LogP contribution in [0.1, 0.15) is 20.8 Å². The molecule has 12 heavy (non-hydrogen) atoms. The van der Waals surface area contributed by atoms with E-state index in [2.05, 4.69) is 5.32 Å². The number of esters is 1. The number of ether oxygens (including phenoxy) is 1.